The highest BCUT2D eigenvalue weighted by Crippen LogP contribution is 2.20. The number of anilines is 2. The molecule has 0 saturated carbocycles. The van der Waals surface area contributed by atoms with Gasteiger partial charge in [-0.05, 0) is 19.8 Å². The molecule has 0 amide bonds. The summed E-state index contributed by atoms with van der Waals surface area (Å²) in [5, 5.41) is 16.3. The van der Waals surface area contributed by atoms with Crippen molar-refractivity contribution in [3.63, 3.8) is 0 Å². The van der Waals surface area contributed by atoms with E-state index in [1.807, 2.05) is 6.92 Å². The number of rotatable bonds is 10. The van der Waals surface area contributed by atoms with Crippen molar-refractivity contribution in [2.45, 2.75) is 46.1 Å². The van der Waals surface area contributed by atoms with Crippen molar-refractivity contribution in [1.29, 1.82) is 0 Å². The van der Waals surface area contributed by atoms with Crippen LogP contribution in [0.1, 0.15) is 38.1 Å². The molecular weight excluding hydrogens is 268 g/mol. The maximum absolute atomic E-state index is 9.74. The van der Waals surface area contributed by atoms with Crippen LogP contribution in [0.15, 0.2) is 0 Å². The van der Waals surface area contributed by atoms with Gasteiger partial charge in [-0.1, -0.05) is 13.8 Å². The van der Waals surface area contributed by atoms with Crippen LogP contribution in [0, 0.1) is 6.92 Å². The van der Waals surface area contributed by atoms with Gasteiger partial charge in [0.15, 0.2) is 0 Å². The molecule has 0 aliphatic heterocycles. The molecule has 3 N–H and O–H groups in total. The van der Waals surface area contributed by atoms with Gasteiger partial charge in [-0.2, -0.15) is 0 Å². The molecule has 0 saturated heterocycles. The Bertz CT molecular complexity index is 426. The third-order valence-corrected chi connectivity index (χ3v) is 3.07. The molecule has 6 nitrogen and oxygen atoms in total. The van der Waals surface area contributed by atoms with E-state index in [1.165, 1.54) is 0 Å². The predicted octanol–water partition coefficient (Wildman–Crippen LogP) is 1.98. The Morgan fingerprint density at radius 3 is 2.38 bits per heavy atom. The highest BCUT2D eigenvalue weighted by atomic mass is 16.5. The molecule has 0 fully saturated rings. The maximum atomic E-state index is 9.74. The van der Waals surface area contributed by atoms with E-state index in [4.69, 9.17) is 4.74 Å². The average Bonchev–Trinajstić information content (AvgIpc) is 2.46. The van der Waals surface area contributed by atoms with Gasteiger partial charge in [0.1, 0.15) is 17.5 Å². The van der Waals surface area contributed by atoms with Gasteiger partial charge in [0.2, 0.25) is 0 Å². The Balaban J connectivity index is 2.86. The lowest BCUT2D eigenvalue weighted by Gasteiger charge is -2.16. The van der Waals surface area contributed by atoms with Gasteiger partial charge in [-0.3, -0.25) is 0 Å². The van der Waals surface area contributed by atoms with E-state index >= 15 is 0 Å². The lowest BCUT2D eigenvalue weighted by molar-refractivity contribution is 0.0727. The Morgan fingerprint density at radius 2 is 1.81 bits per heavy atom. The van der Waals surface area contributed by atoms with E-state index in [0.29, 0.717) is 13.2 Å². The Kier molecular flexibility index (Phi) is 8.00. The van der Waals surface area contributed by atoms with Crippen LogP contribution >= 0.6 is 0 Å². The van der Waals surface area contributed by atoms with Gasteiger partial charge in [-0.15, -0.1) is 0 Å². The minimum atomic E-state index is -0.550. The second-order valence-corrected chi connectivity index (χ2v) is 5.13. The van der Waals surface area contributed by atoms with Crippen molar-refractivity contribution in [2.75, 3.05) is 37.4 Å². The van der Waals surface area contributed by atoms with Gasteiger partial charge in [-0.25, -0.2) is 9.97 Å². The third kappa shape index (κ3) is 5.85. The zero-order chi connectivity index (χ0) is 15.7. The number of hydrogen-bond donors (Lipinski definition) is 3. The summed E-state index contributed by atoms with van der Waals surface area (Å²) >= 11 is 0. The Morgan fingerprint density at radius 1 is 1.14 bits per heavy atom. The van der Waals surface area contributed by atoms with E-state index in [0.717, 1.165) is 48.8 Å². The zero-order valence-electron chi connectivity index (χ0n) is 13.6. The summed E-state index contributed by atoms with van der Waals surface area (Å²) in [6.07, 6.45) is 2.34. The fraction of sp³-hybridized carbons (Fsp3) is 0.733. The van der Waals surface area contributed by atoms with Crippen molar-refractivity contribution in [2.24, 2.45) is 0 Å². The van der Waals surface area contributed by atoms with Crippen LogP contribution in [0.4, 0.5) is 11.6 Å². The van der Waals surface area contributed by atoms with Crippen LogP contribution < -0.4 is 10.6 Å². The fourth-order valence-corrected chi connectivity index (χ4v) is 1.95. The third-order valence-electron chi connectivity index (χ3n) is 3.07. The first kappa shape index (κ1) is 17.7. The predicted molar refractivity (Wildman–Crippen MR) is 85.9 cm³/mol. The topological polar surface area (TPSA) is 79.3 Å². The van der Waals surface area contributed by atoms with E-state index in [9.17, 15) is 5.11 Å². The summed E-state index contributed by atoms with van der Waals surface area (Å²) in [5.74, 6) is 2.48. The van der Waals surface area contributed by atoms with Gasteiger partial charge in [0, 0.05) is 32.2 Å². The van der Waals surface area contributed by atoms with Crippen molar-refractivity contribution >= 4 is 11.6 Å². The van der Waals surface area contributed by atoms with Crippen molar-refractivity contribution in [3.05, 3.63) is 11.4 Å². The molecule has 1 aromatic heterocycles. The van der Waals surface area contributed by atoms with Crippen molar-refractivity contribution in [1.82, 2.24) is 9.97 Å². The van der Waals surface area contributed by atoms with Gasteiger partial charge in [0.25, 0.3) is 0 Å². The molecule has 120 valence electrons. The molecule has 1 rings (SSSR count). The van der Waals surface area contributed by atoms with Crippen LogP contribution in [0.25, 0.3) is 0 Å². The second-order valence-electron chi connectivity index (χ2n) is 5.13. The number of aliphatic hydroxyl groups is 1. The van der Waals surface area contributed by atoms with E-state index < -0.39 is 6.10 Å². The number of ether oxygens (including phenoxy) is 1. The van der Waals surface area contributed by atoms with Crippen LogP contribution in [0.5, 0.6) is 0 Å². The summed E-state index contributed by atoms with van der Waals surface area (Å²) in [6, 6.07) is 0. The van der Waals surface area contributed by atoms with E-state index in [2.05, 4.69) is 34.4 Å². The highest BCUT2D eigenvalue weighted by molar-refractivity contribution is 5.57. The number of nitrogens with zero attached hydrogens (tertiary/aromatic N) is 2. The first-order chi connectivity index (χ1) is 10.1. The fourth-order valence-electron chi connectivity index (χ4n) is 1.95. The quantitative estimate of drug-likeness (QED) is 0.613. The summed E-state index contributed by atoms with van der Waals surface area (Å²) in [7, 11) is 1.57. The van der Waals surface area contributed by atoms with E-state index in [-0.39, 0.29) is 0 Å². The van der Waals surface area contributed by atoms with Gasteiger partial charge >= 0.3 is 0 Å². The molecule has 21 heavy (non-hydrogen) atoms. The Labute approximate surface area is 127 Å². The van der Waals surface area contributed by atoms with Gasteiger partial charge < -0.3 is 20.5 Å². The average molecular weight is 296 g/mol. The van der Waals surface area contributed by atoms with Crippen molar-refractivity contribution in [3.8, 4) is 0 Å². The molecule has 0 bridgehead atoms. The number of nitrogens with one attached hydrogen (secondary N) is 2. The minimum absolute atomic E-state index is 0.305. The van der Waals surface area contributed by atoms with E-state index in [1.54, 1.807) is 7.11 Å². The number of aryl methyl sites for hydroxylation is 1. The monoisotopic (exact) mass is 296 g/mol. The minimum Gasteiger partial charge on any atom is -0.389 e. The number of methoxy groups -OCH3 is 1. The van der Waals surface area contributed by atoms with Gasteiger partial charge in [0.05, 0.1) is 12.7 Å². The number of aromatic nitrogens is 2. The normalized spacial score (nSPS) is 12.2. The van der Waals surface area contributed by atoms with Crippen LogP contribution in [0.3, 0.4) is 0 Å². The molecule has 1 aromatic rings. The molecule has 0 aromatic carbocycles. The second kappa shape index (κ2) is 9.52. The van der Waals surface area contributed by atoms with Crippen LogP contribution in [-0.2, 0) is 11.2 Å². The highest BCUT2D eigenvalue weighted by Gasteiger charge is 2.12. The SMILES string of the molecule is CCCNc1nc(CCC)nc(NCC(O)COC)c1C. The molecule has 0 aliphatic rings. The summed E-state index contributed by atoms with van der Waals surface area (Å²) in [5.41, 5.74) is 0.980. The molecule has 1 unspecified atom stereocenters. The largest absolute Gasteiger partial charge is 0.389 e. The van der Waals surface area contributed by atoms with Crippen LogP contribution in [-0.4, -0.2) is 48.0 Å². The smallest absolute Gasteiger partial charge is 0.134 e. The Hall–Kier alpha value is -1.40. The number of hydrogen-bond acceptors (Lipinski definition) is 6. The van der Waals surface area contributed by atoms with Crippen LogP contribution in [0.2, 0.25) is 0 Å². The number of aliphatic hydroxyl groups excluding tert-OH is 1. The lowest BCUT2D eigenvalue weighted by atomic mass is 10.2. The maximum Gasteiger partial charge on any atom is 0.134 e. The van der Waals surface area contributed by atoms with Crippen molar-refractivity contribution < 1.29 is 9.84 Å². The molecule has 0 radical (unpaired) electrons. The molecular formula is C15H28N4O2. The molecule has 1 heterocycles. The summed E-state index contributed by atoms with van der Waals surface area (Å²) in [4.78, 5) is 9.12. The first-order valence-electron chi connectivity index (χ1n) is 7.64. The lowest BCUT2D eigenvalue weighted by Crippen LogP contribution is -2.25. The standard InChI is InChI=1S/C15H28N4O2/c1-5-7-13-18-14(16-8-6-2)11(3)15(19-13)17-9-12(20)10-21-4/h12,20H,5-10H2,1-4H3,(H2,16,17,18,19). The zero-order valence-corrected chi connectivity index (χ0v) is 13.6. The first-order valence-corrected chi connectivity index (χ1v) is 7.64. The molecule has 0 aliphatic carbocycles. The molecule has 6 heteroatoms. The summed E-state index contributed by atoms with van der Waals surface area (Å²) < 4.78 is 4.93. The summed E-state index contributed by atoms with van der Waals surface area (Å²) in [6.45, 7) is 7.81. The molecule has 1 atom stereocenters. The molecule has 0 spiro atoms.